The lowest BCUT2D eigenvalue weighted by atomic mass is 10.1. The standard InChI is InChI=1S/C12H21N3O4/c1-9(2)10-7-12(19-14-10)13-11(18)8-15(3-5-16)4-6-17/h7,9,16-17H,3-6,8H2,1-2H3,(H,13,18). The molecule has 1 amide bonds. The first-order chi connectivity index (χ1) is 9.06. The van der Waals surface area contributed by atoms with E-state index in [-0.39, 0.29) is 31.6 Å². The minimum Gasteiger partial charge on any atom is -0.395 e. The van der Waals surface area contributed by atoms with Crippen molar-refractivity contribution in [3.05, 3.63) is 11.8 Å². The Morgan fingerprint density at radius 3 is 2.53 bits per heavy atom. The Kier molecular flexibility index (Phi) is 6.48. The van der Waals surface area contributed by atoms with Crippen LogP contribution in [0.1, 0.15) is 25.5 Å². The molecule has 0 aromatic carbocycles. The van der Waals surface area contributed by atoms with Crippen molar-refractivity contribution in [2.75, 3.05) is 38.2 Å². The van der Waals surface area contributed by atoms with Gasteiger partial charge in [-0.25, -0.2) is 0 Å². The van der Waals surface area contributed by atoms with Crippen LogP contribution in [0.5, 0.6) is 0 Å². The molecule has 19 heavy (non-hydrogen) atoms. The van der Waals surface area contributed by atoms with Crippen LogP contribution in [0.15, 0.2) is 10.6 Å². The Balaban J connectivity index is 2.48. The van der Waals surface area contributed by atoms with Crippen molar-refractivity contribution in [1.29, 1.82) is 0 Å². The highest BCUT2D eigenvalue weighted by Gasteiger charge is 2.13. The molecule has 1 aromatic rings. The number of nitrogens with one attached hydrogen (secondary N) is 1. The SMILES string of the molecule is CC(C)c1cc(NC(=O)CN(CCO)CCO)on1. The van der Waals surface area contributed by atoms with Gasteiger partial charge in [0.15, 0.2) is 0 Å². The molecule has 0 aliphatic carbocycles. The van der Waals surface area contributed by atoms with E-state index >= 15 is 0 Å². The average Bonchev–Trinajstić information content (AvgIpc) is 2.78. The first-order valence-corrected chi connectivity index (χ1v) is 6.27. The number of carbonyl (C=O) groups is 1. The molecule has 0 fully saturated rings. The number of aliphatic hydroxyl groups is 2. The molecule has 0 aliphatic rings. The Labute approximate surface area is 112 Å². The molecular formula is C12H21N3O4. The Morgan fingerprint density at radius 1 is 1.42 bits per heavy atom. The van der Waals surface area contributed by atoms with Gasteiger partial charge in [-0.2, -0.15) is 0 Å². The van der Waals surface area contributed by atoms with Crippen molar-refractivity contribution in [3.63, 3.8) is 0 Å². The Morgan fingerprint density at radius 2 is 2.05 bits per heavy atom. The van der Waals surface area contributed by atoms with Gasteiger partial charge in [0.25, 0.3) is 0 Å². The van der Waals surface area contributed by atoms with Crippen LogP contribution in [0.25, 0.3) is 0 Å². The molecule has 108 valence electrons. The van der Waals surface area contributed by atoms with Gasteiger partial charge in [-0.05, 0) is 5.92 Å². The van der Waals surface area contributed by atoms with Gasteiger partial charge in [-0.1, -0.05) is 19.0 Å². The molecule has 0 aliphatic heterocycles. The molecule has 0 radical (unpaired) electrons. The third-order valence-corrected chi connectivity index (χ3v) is 2.58. The van der Waals surface area contributed by atoms with Gasteiger partial charge in [-0.15, -0.1) is 0 Å². The second-order valence-electron chi connectivity index (χ2n) is 4.54. The van der Waals surface area contributed by atoms with Gasteiger partial charge in [0.1, 0.15) is 0 Å². The highest BCUT2D eigenvalue weighted by Crippen LogP contribution is 2.17. The van der Waals surface area contributed by atoms with E-state index in [0.29, 0.717) is 19.0 Å². The molecule has 7 heteroatoms. The van der Waals surface area contributed by atoms with E-state index in [1.54, 1.807) is 11.0 Å². The number of hydrogen-bond donors (Lipinski definition) is 3. The fourth-order valence-corrected chi connectivity index (χ4v) is 1.55. The van der Waals surface area contributed by atoms with Crippen LogP contribution in [0.4, 0.5) is 5.88 Å². The van der Waals surface area contributed by atoms with Crippen LogP contribution in [-0.2, 0) is 4.79 Å². The topological polar surface area (TPSA) is 98.8 Å². The molecule has 1 heterocycles. The van der Waals surface area contributed by atoms with Crippen molar-refractivity contribution in [3.8, 4) is 0 Å². The number of rotatable bonds is 8. The Hall–Kier alpha value is -1.44. The van der Waals surface area contributed by atoms with E-state index in [1.807, 2.05) is 13.8 Å². The number of aliphatic hydroxyl groups excluding tert-OH is 2. The molecule has 0 bridgehead atoms. The van der Waals surface area contributed by atoms with Crippen LogP contribution in [-0.4, -0.2) is 59.0 Å². The monoisotopic (exact) mass is 271 g/mol. The summed E-state index contributed by atoms with van der Waals surface area (Å²) in [6, 6.07) is 1.69. The van der Waals surface area contributed by atoms with Crippen molar-refractivity contribution >= 4 is 11.8 Å². The second kappa shape index (κ2) is 7.88. The van der Waals surface area contributed by atoms with E-state index in [2.05, 4.69) is 10.5 Å². The summed E-state index contributed by atoms with van der Waals surface area (Å²) in [5.74, 6) is 0.268. The van der Waals surface area contributed by atoms with Crippen molar-refractivity contribution < 1.29 is 19.5 Å². The number of amides is 1. The average molecular weight is 271 g/mol. The van der Waals surface area contributed by atoms with Gasteiger partial charge < -0.3 is 14.7 Å². The second-order valence-corrected chi connectivity index (χ2v) is 4.54. The van der Waals surface area contributed by atoms with E-state index < -0.39 is 0 Å². The van der Waals surface area contributed by atoms with Crippen LogP contribution < -0.4 is 5.32 Å². The zero-order chi connectivity index (χ0) is 14.3. The third-order valence-electron chi connectivity index (χ3n) is 2.58. The minimum absolute atomic E-state index is 0.0624. The van der Waals surface area contributed by atoms with Gasteiger partial charge >= 0.3 is 0 Å². The molecule has 7 nitrogen and oxygen atoms in total. The van der Waals surface area contributed by atoms with Crippen molar-refractivity contribution in [1.82, 2.24) is 10.1 Å². The first kappa shape index (κ1) is 15.6. The van der Waals surface area contributed by atoms with Gasteiger partial charge in [-0.3, -0.25) is 15.0 Å². The maximum Gasteiger partial charge on any atom is 0.240 e. The molecule has 0 saturated carbocycles. The highest BCUT2D eigenvalue weighted by molar-refractivity contribution is 5.90. The lowest BCUT2D eigenvalue weighted by Crippen LogP contribution is -2.37. The quantitative estimate of drug-likeness (QED) is 0.616. The summed E-state index contributed by atoms with van der Waals surface area (Å²) >= 11 is 0. The molecule has 0 unspecified atom stereocenters. The molecule has 0 spiro atoms. The van der Waals surface area contributed by atoms with E-state index in [9.17, 15) is 4.79 Å². The van der Waals surface area contributed by atoms with Gasteiger partial charge in [0, 0.05) is 19.2 Å². The smallest absolute Gasteiger partial charge is 0.240 e. The number of hydrogen-bond acceptors (Lipinski definition) is 6. The zero-order valence-electron chi connectivity index (χ0n) is 11.3. The van der Waals surface area contributed by atoms with E-state index in [0.717, 1.165) is 5.69 Å². The highest BCUT2D eigenvalue weighted by atomic mass is 16.5. The summed E-state index contributed by atoms with van der Waals surface area (Å²) in [4.78, 5) is 13.4. The fraction of sp³-hybridized carbons (Fsp3) is 0.667. The summed E-state index contributed by atoms with van der Waals surface area (Å²) in [6.07, 6.45) is 0. The zero-order valence-corrected chi connectivity index (χ0v) is 11.3. The fourth-order valence-electron chi connectivity index (χ4n) is 1.55. The van der Waals surface area contributed by atoms with Gasteiger partial charge in [0.05, 0.1) is 25.5 Å². The maximum atomic E-state index is 11.7. The number of anilines is 1. The van der Waals surface area contributed by atoms with E-state index in [4.69, 9.17) is 14.7 Å². The lowest BCUT2D eigenvalue weighted by Gasteiger charge is -2.18. The lowest BCUT2D eigenvalue weighted by molar-refractivity contribution is -0.117. The first-order valence-electron chi connectivity index (χ1n) is 6.27. The molecule has 1 aromatic heterocycles. The van der Waals surface area contributed by atoms with Gasteiger partial charge in [0.2, 0.25) is 11.8 Å². The van der Waals surface area contributed by atoms with Crippen molar-refractivity contribution in [2.24, 2.45) is 0 Å². The summed E-state index contributed by atoms with van der Waals surface area (Å²) < 4.78 is 5.00. The number of aromatic nitrogens is 1. The van der Waals surface area contributed by atoms with E-state index in [1.165, 1.54) is 0 Å². The largest absolute Gasteiger partial charge is 0.395 e. The number of nitrogens with zero attached hydrogens (tertiary/aromatic N) is 2. The molecule has 0 saturated heterocycles. The summed E-state index contributed by atoms with van der Waals surface area (Å²) in [5.41, 5.74) is 0.776. The van der Waals surface area contributed by atoms with Crippen molar-refractivity contribution in [2.45, 2.75) is 19.8 Å². The summed E-state index contributed by atoms with van der Waals surface area (Å²) in [6.45, 7) is 4.59. The summed E-state index contributed by atoms with van der Waals surface area (Å²) in [5, 5.41) is 24.1. The molecular weight excluding hydrogens is 250 g/mol. The maximum absolute atomic E-state index is 11.7. The van der Waals surface area contributed by atoms with Crippen LogP contribution in [0.2, 0.25) is 0 Å². The Bertz CT molecular complexity index is 386. The third kappa shape index (κ3) is 5.37. The minimum atomic E-state index is -0.270. The molecule has 3 N–H and O–H groups in total. The predicted octanol–water partition coefficient (Wildman–Crippen LogP) is 0.0231. The number of carbonyl (C=O) groups excluding carboxylic acids is 1. The molecule has 1 rings (SSSR count). The summed E-state index contributed by atoms with van der Waals surface area (Å²) in [7, 11) is 0. The normalized spacial score (nSPS) is 11.3. The van der Waals surface area contributed by atoms with Crippen LogP contribution in [0.3, 0.4) is 0 Å². The van der Waals surface area contributed by atoms with Crippen LogP contribution >= 0.6 is 0 Å². The molecule has 0 atom stereocenters. The van der Waals surface area contributed by atoms with Crippen LogP contribution in [0, 0.1) is 0 Å². The predicted molar refractivity (Wildman–Crippen MR) is 69.8 cm³/mol.